The van der Waals surface area contributed by atoms with Gasteiger partial charge in [0.2, 0.25) is 0 Å². The van der Waals surface area contributed by atoms with Gasteiger partial charge in [0.15, 0.2) is 0 Å². The standard InChI is InChI=1S/C12H19NO/c1-2-3-4-5-6-11-14-12-7-9-13-10-8-12/h7-10H,2-6,11H2,1H3. The van der Waals surface area contributed by atoms with Crippen LogP contribution >= 0.6 is 0 Å². The Morgan fingerprint density at radius 1 is 1.07 bits per heavy atom. The quantitative estimate of drug-likeness (QED) is 0.619. The summed E-state index contributed by atoms with van der Waals surface area (Å²) in [6.07, 6.45) is 9.91. The highest BCUT2D eigenvalue weighted by Crippen LogP contribution is 2.08. The maximum Gasteiger partial charge on any atom is 0.122 e. The van der Waals surface area contributed by atoms with Gasteiger partial charge in [-0.25, -0.2) is 0 Å². The van der Waals surface area contributed by atoms with Crippen LogP contribution < -0.4 is 4.74 Å². The van der Waals surface area contributed by atoms with Crippen molar-refractivity contribution in [2.24, 2.45) is 0 Å². The molecule has 0 spiro atoms. The molecule has 0 bridgehead atoms. The average molecular weight is 193 g/mol. The van der Waals surface area contributed by atoms with E-state index in [0.717, 1.165) is 18.8 Å². The zero-order valence-electron chi connectivity index (χ0n) is 8.91. The highest BCUT2D eigenvalue weighted by Gasteiger charge is 1.92. The van der Waals surface area contributed by atoms with E-state index in [1.54, 1.807) is 12.4 Å². The van der Waals surface area contributed by atoms with Crippen molar-refractivity contribution in [2.75, 3.05) is 6.61 Å². The van der Waals surface area contributed by atoms with Gasteiger partial charge in [-0.3, -0.25) is 4.98 Å². The van der Waals surface area contributed by atoms with E-state index in [2.05, 4.69) is 11.9 Å². The molecule has 78 valence electrons. The summed E-state index contributed by atoms with van der Waals surface area (Å²) in [7, 11) is 0. The van der Waals surface area contributed by atoms with Crippen LogP contribution in [0.3, 0.4) is 0 Å². The first-order chi connectivity index (χ1) is 6.93. The van der Waals surface area contributed by atoms with E-state index in [1.165, 1.54) is 25.7 Å². The van der Waals surface area contributed by atoms with Crippen molar-refractivity contribution in [2.45, 2.75) is 39.0 Å². The second-order valence-corrected chi connectivity index (χ2v) is 3.45. The van der Waals surface area contributed by atoms with Gasteiger partial charge in [0.05, 0.1) is 6.61 Å². The number of hydrogen-bond acceptors (Lipinski definition) is 2. The summed E-state index contributed by atoms with van der Waals surface area (Å²) in [6, 6.07) is 3.79. The Hall–Kier alpha value is -1.05. The van der Waals surface area contributed by atoms with E-state index >= 15 is 0 Å². The molecule has 0 atom stereocenters. The zero-order valence-corrected chi connectivity index (χ0v) is 8.91. The van der Waals surface area contributed by atoms with E-state index in [0.29, 0.717) is 0 Å². The Labute approximate surface area is 86.3 Å². The molecule has 2 nitrogen and oxygen atoms in total. The van der Waals surface area contributed by atoms with Crippen LogP contribution in [0, 0.1) is 0 Å². The summed E-state index contributed by atoms with van der Waals surface area (Å²) in [5.74, 6) is 0.926. The van der Waals surface area contributed by atoms with E-state index in [-0.39, 0.29) is 0 Å². The third-order valence-electron chi connectivity index (χ3n) is 2.17. The van der Waals surface area contributed by atoms with Crippen LogP contribution in [-0.2, 0) is 0 Å². The molecule has 2 heteroatoms. The van der Waals surface area contributed by atoms with Crippen LogP contribution in [-0.4, -0.2) is 11.6 Å². The molecule has 0 aromatic carbocycles. The van der Waals surface area contributed by atoms with Gasteiger partial charge in [0.1, 0.15) is 5.75 Å². The molecule has 0 aliphatic heterocycles. The molecule has 0 saturated carbocycles. The molecule has 14 heavy (non-hydrogen) atoms. The van der Waals surface area contributed by atoms with Gasteiger partial charge < -0.3 is 4.74 Å². The lowest BCUT2D eigenvalue weighted by Gasteiger charge is -2.04. The number of aromatic nitrogens is 1. The van der Waals surface area contributed by atoms with E-state index in [4.69, 9.17) is 4.74 Å². The van der Waals surface area contributed by atoms with Crippen LogP contribution in [0.2, 0.25) is 0 Å². The lowest BCUT2D eigenvalue weighted by Crippen LogP contribution is -1.96. The number of ether oxygens (including phenoxy) is 1. The topological polar surface area (TPSA) is 22.1 Å². The summed E-state index contributed by atoms with van der Waals surface area (Å²) in [4.78, 5) is 3.93. The summed E-state index contributed by atoms with van der Waals surface area (Å²) >= 11 is 0. The summed E-state index contributed by atoms with van der Waals surface area (Å²) in [5.41, 5.74) is 0. The molecule has 1 aromatic heterocycles. The summed E-state index contributed by atoms with van der Waals surface area (Å²) in [5, 5.41) is 0. The third-order valence-corrected chi connectivity index (χ3v) is 2.17. The predicted octanol–water partition coefficient (Wildman–Crippen LogP) is 3.43. The molecule has 0 N–H and O–H groups in total. The monoisotopic (exact) mass is 193 g/mol. The smallest absolute Gasteiger partial charge is 0.122 e. The molecule has 0 radical (unpaired) electrons. The molecular formula is C12H19NO. The third kappa shape index (κ3) is 4.85. The molecule has 0 amide bonds. The minimum absolute atomic E-state index is 0.827. The Morgan fingerprint density at radius 2 is 1.79 bits per heavy atom. The van der Waals surface area contributed by atoms with Crippen molar-refractivity contribution in [1.29, 1.82) is 0 Å². The first-order valence-corrected chi connectivity index (χ1v) is 5.46. The van der Waals surface area contributed by atoms with Crippen LogP contribution in [0.25, 0.3) is 0 Å². The van der Waals surface area contributed by atoms with Crippen molar-refractivity contribution < 1.29 is 4.74 Å². The van der Waals surface area contributed by atoms with Gasteiger partial charge in [-0.2, -0.15) is 0 Å². The summed E-state index contributed by atoms with van der Waals surface area (Å²) in [6.45, 7) is 3.06. The van der Waals surface area contributed by atoms with Crippen LogP contribution in [0.4, 0.5) is 0 Å². The van der Waals surface area contributed by atoms with Crippen molar-refractivity contribution in [1.82, 2.24) is 4.98 Å². The number of rotatable bonds is 7. The highest BCUT2D eigenvalue weighted by molar-refractivity contribution is 5.16. The van der Waals surface area contributed by atoms with Gasteiger partial charge in [0.25, 0.3) is 0 Å². The average Bonchev–Trinajstić information content (AvgIpc) is 2.25. The van der Waals surface area contributed by atoms with Crippen molar-refractivity contribution >= 4 is 0 Å². The Bertz CT molecular complexity index is 223. The second kappa shape index (κ2) is 7.36. The van der Waals surface area contributed by atoms with E-state index < -0.39 is 0 Å². The van der Waals surface area contributed by atoms with Gasteiger partial charge in [0, 0.05) is 12.4 Å². The van der Waals surface area contributed by atoms with Crippen LogP contribution in [0.5, 0.6) is 5.75 Å². The maximum absolute atomic E-state index is 5.55. The molecule has 0 aliphatic rings. The molecular weight excluding hydrogens is 174 g/mol. The first-order valence-electron chi connectivity index (χ1n) is 5.46. The normalized spacial score (nSPS) is 10.1. The fraction of sp³-hybridized carbons (Fsp3) is 0.583. The molecule has 0 saturated heterocycles. The molecule has 1 rings (SSSR count). The minimum atomic E-state index is 0.827. The first kappa shape index (κ1) is 11.0. The Kier molecular flexibility index (Phi) is 5.80. The van der Waals surface area contributed by atoms with Crippen molar-refractivity contribution in [3.63, 3.8) is 0 Å². The van der Waals surface area contributed by atoms with Gasteiger partial charge in [-0.05, 0) is 18.6 Å². The minimum Gasteiger partial charge on any atom is -0.493 e. The number of unbranched alkanes of at least 4 members (excludes halogenated alkanes) is 4. The largest absolute Gasteiger partial charge is 0.493 e. The molecule has 0 aliphatic carbocycles. The second-order valence-electron chi connectivity index (χ2n) is 3.45. The maximum atomic E-state index is 5.55. The lowest BCUT2D eigenvalue weighted by atomic mass is 10.2. The number of pyridine rings is 1. The predicted molar refractivity (Wildman–Crippen MR) is 58.5 cm³/mol. The number of nitrogens with zero attached hydrogens (tertiary/aromatic N) is 1. The fourth-order valence-corrected chi connectivity index (χ4v) is 1.33. The molecule has 1 aromatic rings. The van der Waals surface area contributed by atoms with Crippen molar-refractivity contribution in [3.8, 4) is 5.75 Å². The fourth-order valence-electron chi connectivity index (χ4n) is 1.33. The number of hydrogen-bond donors (Lipinski definition) is 0. The SMILES string of the molecule is CCCCCCCOc1ccncc1. The Morgan fingerprint density at radius 3 is 2.50 bits per heavy atom. The zero-order chi connectivity index (χ0) is 10.1. The van der Waals surface area contributed by atoms with Crippen molar-refractivity contribution in [3.05, 3.63) is 24.5 Å². The molecule has 1 heterocycles. The highest BCUT2D eigenvalue weighted by atomic mass is 16.5. The lowest BCUT2D eigenvalue weighted by molar-refractivity contribution is 0.304. The Balaban J connectivity index is 1.99. The van der Waals surface area contributed by atoms with Crippen LogP contribution in [0.15, 0.2) is 24.5 Å². The molecule has 0 unspecified atom stereocenters. The summed E-state index contributed by atoms with van der Waals surface area (Å²) < 4.78 is 5.55. The van der Waals surface area contributed by atoms with Gasteiger partial charge in [-0.1, -0.05) is 32.6 Å². The molecule has 0 fully saturated rings. The van der Waals surface area contributed by atoms with Crippen LogP contribution in [0.1, 0.15) is 39.0 Å². The van der Waals surface area contributed by atoms with Gasteiger partial charge in [-0.15, -0.1) is 0 Å². The van der Waals surface area contributed by atoms with Gasteiger partial charge >= 0.3 is 0 Å². The van der Waals surface area contributed by atoms with E-state index in [9.17, 15) is 0 Å². The van der Waals surface area contributed by atoms with E-state index in [1.807, 2.05) is 12.1 Å².